The van der Waals surface area contributed by atoms with Crippen molar-refractivity contribution < 1.29 is 4.74 Å². The first kappa shape index (κ1) is 21.3. The normalized spacial score (nSPS) is 19.6. The zero-order valence-corrected chi connectivity index (χ0v) is 19.8. The van der Waals surface area contributed by atoms with E-state index in [0.29, 0.717) is 17.8 Å². The van der Waals surface area contributed by atoms with Crippen molar-refractivity contribution in [2.24, 2.45) is 0 Å². The standard InChI is InChI=1S/C14H14N6.C11H16N2O/c1-8-9(2)18-14-13(17-8)12(15-7-16-14)10-6-20-5-3-4-11(20)19-10;1-2-6-14-11(3-1)9-7-12-13(8-9)10-4-5-10/h6-7H,3-5H2,1-2H3;7-8,10-11H,1-6H2/t;11-/m.1/s1. The fourth-order valence-electron chi connectivity index (χ4n) is 4.66. The fraction of sp³-hybridized carbons (Fsp3) is 0.520. The Hall–Kier alpha value is -3.20. The molecule has 1 saturated carbocycles. The minimum Gasteiger partial charge on any atom is -0.373 e. The van der Waals surface area contributed by atoms with E-state index in [1.807, 2.05) is 20.0 Å². The van der Waals surface area contributed by atoms with E-state index in [1.54, 1.807) is 0 Å². The Balaban J connectivity index is 0.000000136. The number of hydrogen-bond donors (Lipinski definition) is 0. The van der Waals surface area contributed by atoms with Crippen LogP contribution in [0.1, 0.15) is 73.4 Å². The average Bonchev–Trinajstić information content (AvgIpc) is 3.24. The van der Waals surface area contributed by atoms with Gasteiger partial charge in [-0.05, 0) is 52.4 Å². The van der Waals surface area contributed by atoms with Gasteiger partial charge in [0.15, 0.2) is 5.65 Å². The maximum Gasteiger partial charge on any atom is 0.182 e. The van der Waals surface area contributed by atoms with E-state index in [-0.39, 0.29) is 0 Å². The lowest BCUT2D eigenvalue weighted by Gasteiger charge is -2.21. The molecular formula is C25H30N8O. The van der Waals surface area contributed by atoms with Gasteiger partial charge >= 0.3 is 0 Å². The smallest absolute Gasteiger partial charge is 0.182 e. The summed E-state index contributed by atoms with van der Waals surface area (Å²) in [6.07, 6.45) is 16.5. The van der Waals surface area contributed by atoms with Crippen molar-refractivity contribution in [3.05, 3.63) is 47.7 Å². The van der Waals surface area contributed by atoms with E-state index in [4.69, 9.17) is 4.74 Å². The molecular weight excluding hydrogens is 428 g/mol. The molecule has 0 bridgehead atoms. The van der Waals surface area contributed by atoms with Crippen molar-refractivity contribution >= 4 is 11.2 Å². The molecule has 1 aliphatic carbocycles. The van der Waals surface area contributed by atoms with Crippen LogP contribution < -0.4 is 0 Å². The summed E-state index contributed by atoms with van der Waals surface area (Å²) >= 11 is 0. The van der Waals surface area contributed by atoms with Gasteiger partial charge < -0.3 is 9.30 Å². The summed E-state index contributed by atoms with van der Waals surface area (Å²) in [7, 11) is 0. The summed E-state index contributed by atoms with van der Waals surface area (Å²) in [5, 5.41) is 4.39. The number of aryl methyl sites for hydroxylation is 4. The van der Waals surface area contributed by atoms with Crippen LogP contribution >= 0.6 is 0 Å². The van der Waals surface area contributed by atoms with Crippen LogP contribution in [0.2, 0.25) is 0 Å². The average molecular weight is 459 g/mol. The third-order valence-corrected chi connectivity index (χ3v) is 6.87. The van der Waals surface area contributed by atoms with Crippen molar-refractivity contribution in [2.75, 3.05) is 6.61 Å². The highest BCUT2D eigenvalue weighted by Gasteiger charge is 2.26. The zero-order valence-electron chi connectivity index (χ0n) is 19.8. The minimum atomic E-state index is 0.316. The zero-order chi connectivity index (χ0) is 23.1. The third kappa shape index (κ3) is 4.20. The van der Waals surface area contributed by atoms with Crippen LogP contribution in [0.25, 0.3) is 22.6 Å². The number of nitrogens with zero attached hydrogens (tertiary/aromatic N) is 8. The van der Waals surface area contributed by atoms with Gasteiger partial charge in [0.25, 0.3) is 0 Å². The molecule has 1 saturated heterocycles. The summed E-state index contributed by atoms with van der Waals surface area (Å²) < 4.78 is 10.0. The fourth-order valence-corrected chi connectivity index (χ4v) is 4.66. The van der Waals surface area contributed by atoms with Crippen molar-refractivity contribution in [1.82, 2.24) is 39.3 Å². The summed E-state index contributed by atoms with van der Waals surface area (Å²) in [4.78, 5) is 22.3. The number of fused-ring (bicyclic) bond motifs is 2. The quantitative estimate of drug-likeness (QED) is 0.451. The summed E-state index contributed by atoms with van der Waals surface area (Å²) in [6, 6.07) is 0.687. The number of rotatable bonds is 3. The largest absolute Gasteiger partial charge is 0.373 e. The highest BCUT2D eigenvalue weighted by molar-refractivity contribution is 5.85. The second-order valence-electron chi connectivity index (χ2n) is 9.47. The maximum atomic E-state index is 5.72. The lowest BCUT2D eigenvalue weighted by Crippen LogP contribution is -2.10. The molecule has 4 aromatic heterocycles. The van der Waals surface area contributed by atoms with Gasteiger partial charge in [-0.25, -0.2) is 24.9 Å². The van der Waals surface area contributed by atoms with Gasteiger partial charge in [-0.1, -0.05) is 0 Å². The predicted octanol–water partition coefficient (Wildman–Crippen LogP) is 4.31. The third-order valence-electron chi connectivity index (χ3n) is 6.87. The highest BCUT2D eigenvalue weighted by Crippen LogP contribution is 2.36. The van der Waals surface area contributed by atoms with Gasteiger partial charge in [0, 0.05) is 37.5 Å². The van der Waals surface area contributed by atoms with Crippen LogP contribution in [0.3, 0.4) is 0 Å². The topological polar surface area (TPSA) is 96.4 Å². The van der Waals surface area contributed by atoms with E-state index < -0.39 is 0 Å². The number of ether oxygens (including phenoxy) is 1. The molecule has 1 atom stereocenters. The number of hydrogen-bond acceptors (Lipinski definition) is 7. The van der Waals surface area contributed by atoms with Crippen molar-refractivity contribution in [2.45, 2.75) is 77.5 Å². The monoisotopic (exact) mass is 458 g/mol. The van der Waals surface area contributed by atoms with Gasteiger partial charge in [-0.3, -0.25) is 4.68 Å². The lowest BCUT2D eigenvalue weighted by atomic mass is 10.0. The molecule has 34 heavy (non-hydrogen) atoms. The van der Waals surface area contributed by atoms with Gasteiger partial charge in [-0.2, -0.15) is 5.10 Å². The first-order chi connectivity index (χ1) is 16.7. The molecule has 176 valence electrons. The molecule has 0 radical (unpaired) electrons. The van der Waals surface area contributed by atoms with E-state index in [9.17, 15) is 0 Å². The molecule has 0 aromatic carbocycles. The maximum absolute atomic E-state index is 5.72. The molecule has 7 rings (SSSR count). The van der Waals surface area contributed by atoms with Gasteiger partial charge in [0.05, 0.1) is 29.7 Å². The second kappa shape index (κ2) is 8.87. The molecule has 6 heterocycles. The SMILES string of the molecule is Cc1nc2ncnc(-c3cn4c(n3)CCC4)c2nc1C.c1nn(C2CC2)cc1[C@H]1CCCCO1. The molecule has 4 aromatic rings. The van der Waals surface area contributed by atoms with Crippen LogP contribution in [0, 0.1) is 13.8 Å². The number of imidazole rings is 1. The van der Waals surface area contributed by atoms with Crippen molar-refractivity contribution in [3.8, 4) is 11.4 Å². The molecule has 9 nitrogen and oxygen atoms in total. The van der Waals surface area contributed by atoms with E-state index >= 15 is 0 Å². The Morgan fingerprint density at radius 3 is 2.62 bits per heavy atom. The minimum absolute atomic E-state index is 0.316. The first-order valence-corrected chi connectivity index (χ1v) is 12.3. The van der Waals surface area contributed by atoms with Gasteiger partial charge in [0.1, 0.15) is 29.1 Å². The molecule has 3 aliphatic rings. The second-order valence-corrected chi connectivity index (χ2v) is 9.47. The molecule has 2 aliphatic heterocycles. The Morgan fingerprint density at radius 2 is 1.82 bits per heavy atom. The van der Waals surface area contributed by atoms with Crippen molar-refractivity contribution in [3.63, 3.8) is 0 Å². The Bertz CT molecular complexity index is 1290. The Morgan fingerprint density at radius 1 is 0.941 bits per heavy atom. The van der Waals surface area contributed by atoms with E-state index in [1.165, 1.54) is 44.0 Å². The summed E-state index contributed by atoms with van der Waals surface area (Å²) in [5.41, 5.74) is 6.07. The van der Waals surface area contributed by atoms with E-state index in [0.717, 1.165) is 60.1 Å². The summed E-state index contributed by atoms with van der Waals surface area (Å²) in [6.45, 7) is 5.84. The predicted molar refractivity (Wildman–Crippen MR) is 127 cm³/mol. The summed E-state index contributed by atoms with van der Waals surface area (Å²) in [5.74, 6) is 1.13. The van der Waals surface area contributed by atoms with Crippen LogP contribution in [-0.4, -0.2) is 45.9 Å². The molecule has 0 spiro atoms. The van der Waals surface area contributed by atoms with Crippen LogP contribution in [0.5, 0.6) is 0 Å². The molecule has 0 N–H and O–H groups in total. The van der Waals surface area contributed by atoms with Crippen LogP contribution in [0.15, 0.2) is 24.9 Å². The lowest BCUT2D eigenvalue weighted by molar-refractivity contribution is 0.0149. The van der Waals surface area contributed by atoms with Crippen LogP contribution in [0.4, 0.5) is 0 Å². The van der Waals surface area contributed by atoms with Crippen LogP contribution in [-0.2, 0) is 17.7 Å². The van der Waals surface area contributed by atoms with Gasteiger partial charge in [-0.15, -0.1) is 0 Å². The first-order valence-electron chi connectivity index (χ1n) is 12.3. The van der Waals surface area contributed by atoms with E-state index in [2.05, 4.69) is 51.7 Å². The highest BCUT2D eigenvalue weighted by atomic mass is 16.5. The Kier molecular flexibility index (Phi) is 5.57. The number of aromatic nitrogens is 8. The molecule has 2 fully saturated rings. The molecule has 0 unspecified atom stereocenters. The molecule has 0 amide bonds. The molecule has 9 heteroatoms. The van der Waals surface area contributed by atoms with Crippen molar-refractivity contribution in [1.29, 1.82) is 0 Å². The Labute approximate surface area is 198 Å². The van der Waals surface area contributed by atoms with Gasteiger partial charge in [0.2, 0.25) is 0 Å².